The number of benzene rings is 2. The Kier molecular flexibility index (Phi) is 5.59. The van der Waals surface area contributed by atoms with Gasteiger partial charge < -0.3 is 4.74 Å². The zero-order chi connectivity index (χ0) is 21.3. The molecule has 0 radical (unpaired) electrons. The van der Waals surface area contributed by atoms with Crippen molar-refractivity contribution in [1.29, 1.82) is 0 Å². The van der Waals surface area contributed by atoms with Gasteiger partial charge in [-0.1, -0.05) is 30.8 Å². The van der Waals surface area contributed by atoms with Crippen LogP contribution >= 0.6 is 11.8 Å². The third kappa shape index (κ3) is 3.47. The van der Waals surface area contributed by atoms with Gasteiger partial charge in [-0.05, 0) is 43.7 Å². The number of aryl methyl sites for hydroxylation is 1. The number of carbonyl (C=O) groups is 1. The average molecular weight is 423 g/mol. The van der Waals surface area contributed by atoms with Gasteiger partial charge in [0.15, 0.2) is 10.9 Å². The van der Waals surface area contributed by atoms with Crippen LogP contribution in [0, 0.1) is 0 Å². The van der Waals surface area contributed by atoms with Crippen LogP contribution in [0.1, 0.15) is 36.2 Å². The van der Waals surface area contributed by atoms with E-state index in [1.54, 1.807) is 24.7 Å². The van der Waals surface area contributed by atoms with Gasteiger partial charge in [0.05, 0.1) is 18.0 Å². The molecular weight excluding hydrogens is 400 g/mol. The number of hydrogen-bond donors (Lipinski definition) is 0. The van der Waals surface area contributed by atoms with E-state index in [1.807, 2.05) is 47.7 Å². The Morgan fingerprint density at radius 1 is 1.17 bits per heavy atom. The van der Waals surface area contributed by atoms with E-state index < -0.39 is 0 Å². The van der Waals surface area contributed by atoms with Gasteiger partial charge in [-0.3, -0.25) is 18.6 Å². The van der Waals surface area contributed by atoms with Crippen molar-refractivity contribution in [2.24, 2.45) is 0 Å². The second-order valence-electron chi connectivity index (χ2n) is 6.96. The van der Waals surface area contributed by atoms with Crippen molar-refractivity contribution in [1.82, 2.24) is 19.2 Å². The molecule has 0 N–H and O–H groups in total. The van der Waals surface area contributed by atoms with Crippen molar-refractivity contribution in [2.45, 2.75) is 37.7 Å². The largest absolute Gasteiger partial charge is 0.496 e. The molecule has 4 aromatic rings. The lowest BCUT2D eigenvalue weighted by molar-refractivity contribution is 0.101. The number of aromatic nitrogens is 4. The van der Waals surface area contributed by atoms with Crippen molar-refractivity contribution in [3.8, 4) is 5.75 Å². The van der Waals surface area contributed by atoms with Gasteiger partial charge in [-0.2, -0.15) is 0 Å². The van der Waals surface area contributed by atoms with E-state index in [1.165, 1.54) is 11.8 Å². The Balaban J connectivity index is 1.81. The summed E-state index contributed by atoms with van der Waals surface area (Å²) in [6.07, 6.45) is 0.818. The fourth-order valence-electron chi connectivity index (χ4n) is 3.50. The Bertz CT molecular complexity index is 1310. The third-order valence-corrected chi connectivity index (χ3v) is 5.95. The summed E-state index contributed by atoms with van der Waals surface area (Å²) < 4.78 is 9.07. The first-order valence-electron chi connectivity index (χ1n) is 9.72. The molecule has 0 aliphatic heterocycles. The number of thioether (sulfide) groups is 1. The van der Waals surface area contributed by atoms with Gasteiger partial charge in [-0.15, -0.1) is 10.2 Å². The van der Waals surface area contributed by atoms with Crippen molar-refractivity contribution >= 4 is 34.2 Å². The van der Waals surface area contributed by atoms with Crippen LogP contribution in [0.25, 0.3) is 16.7 Å². The maximum atomic E-state index is 12.9. The number of para-hydroxylation sites is 1. The molecule has 0 saturated carbocycles. The van der Waals surface area contributed by atoms with Gasteiger partial charge in [0, 0.05) is 23.4 Å². The number of ketones is 1. The Morgan fingerprint density at radius 3 is 2.70 bits per heavy atom. The maximum absolute atomic E-state index is 12.9. The van der Waals surface area contributed by atoms with Gasteiger partial charge in [0.2, 0.25) is 5.78 Å². The summed E-state index contributed by atoms with van der Waals surface area (Å²) in [6, 6.07) is 12.9. The molecule has 0 bridgehead atoms. The van der Waals surface area contributed by atoms with E-state index in [-0.39, 0.29) is 11.3 Å². The second-order valence-corrected chi connectivity index (χ2v) is 7.91. The lowest BCUT2D eigenvalue weighted by Gasteiger charge is -2.11. The fourth-order valence-corrected chi connectivity index (χ4v) is 4.42. The van der Waals surface area contributed by atoms with E-state index in [0.29, 0.717) is 39.9 Å². The van der Waals surface area contributed by atoms with Crippen LogP contribution in [-0.4, -0.2) is 32.1 Å². The first-order chi connectivity index (χ1) is 14.5. The van der Waals surface area contributed by atoms with Crippen molar-refractivity contribution in [3.63, 3.8) is 0 Å². The van der Waals surface area contributed by atoms with Crippen LogP contribution < -0.4 is 10.3 Å². The monoisotopic (exact) mass is 422 g/mol. The highest BCUT2D eigenvalue weighted by molar-refractivity contribution is 7.98. The van der Waals surface area contributed by atoms with Crippen LogP contribution in [-0.2, 0) is 12.3 Å². The van der Waals surface area contributed by atoms with Crippen LogP contribution in [0.4, 0.5) is 0 Å². The number of hydrogen-bond acceptors (Lipinski definition) is 6. The molecule has 0 amide bonds. The summed E-state index contributed by atoms with van der Waals surface area (Å²) in [7, 11) is 1.61. The smallest absolute Gasteiger partial charge is 0.262 e. The van der Waals surface area contributed by atoms with E-state index in [2.05, 4.69) is 10.2 Å². The van der Waals surface area contributed by atoms with Crippen LogP contribution in [0.15, 0.2) is 52.4 Å². The molecule has 4 rings (SSSR count). The molecular formula is C22H22N4O3S. The van der Waals surface area contributed by atoms with Crippen molar-refractivity contribution in [2.75, 3.05) is 7.11 Å². The summed E-state index contributed by atoms with van der Waals surface area (Å²) >= 11 is 1.49. The minimum absolute atomic E-state index is 0.00593. The molecule has 30 heavy (non-hydrogen) atoms. The molecule has 0 fully saturated rings. The average Bonchev–Trinajstić information content (AvgIpc) is 3.18. The number of rotatable bonds is 7. The zero-order valence-electron chi connectivity index (χ0n) is 17.1. The maximum Gasteiger partial charge on any atom is 0.262 e. The summed E-state index contributed by atoms with van der Waals surface area (Å²) in [5.41, 5.74) is 2.26. The van der Waals surface area contributed by atoms with Gasteiger partial charge >= 0.3 is 0 Å². The van der Waals surface area contributed by atoms with Gasteiger partial charge in [0.1, 0.15) is 5.75 Å². The topological polar surface area (TPSA) is 78.5 Å². The number of nitrogens with zero attached hydrogens (tertiary/aromatic N) is 4. The van der Waals surface area contributed by atoms with Crippen LogP contribution in [0.3, 0.4) is 0 Å². The number of ether oxygens (including phenoxy) is 1. The molecule has 2 aromatic carbocycles. The summed E-state index contributed by atoms with van der Waals surface area (Å²) in [6.45, 7) is 4.15. The van der Waals surface area contributed by atoms with Crippen molar-refractivity contribution < 1.29 is 9.53 Å². The minimum atomic E-state index is -0.0558. The molecule has 0 aliphatic rings. The highest BCUT2D eigenvalue weighted by Gasteiger charge is 2.17. The standard InChI is InChI=1S/C22H22N4O3S/c1-4-11-25-20(28)17-7-5-6-8-18(17)26-21(25)23-24-22(26)30-13-16-12-15(14(2)27)9-10-19(16)29-3/h5-10,12H,4,11,13H2,1-3H3. The van der Waals surface area contributed by atoms with E-state index >= 15 is 0 Å². The molecule has 0 spiro atoms. The molecule has 7 nitrogen and oxygen atoms in total. The van der Waals surface area contributed by atoms with Crippen LogP contribution in [0.2, 0.25) is 0 Å². The van der Waals surface area contributed by atoms with Crippen molar-refractivity contribution in [3.05, 3.63) is 63.9 Å². The lowest BCUT2D eigenvalue weighted by Crippen LogP contribution is -2.23. The zero-order valence-corrected chi connectivity index (χ0v) is 17.9. The molecule has 2 heterocycles. The van der Waals surface area contributed by atoms with Crippen LogP contribution in [0.5, 0.6) is 5.75 Å². The molecule has 0 unspecified atom stereocenters. The number of carbonyl (C=O) groups excluding carboxylic acids is 1. The molecule has 8 heteroatoms. The number of Topliss-reactive ketones (excluding diaryl/α,β-unsaturated/α-hetero) is 1. The first kappa shape index (κ1) is 20.2. The molecule has 0 atom stereocenters. The van der Waals surface area contributed by atoms with Gasteiger partial charge in [0.25, 0.3) is 5.56 Å². The lowest BCUT2D eigenvalue weighted by atomic mass is 10.1. The number of methoxy groups -OCH3 is 1. The van der Waals surface area contributed by atoms with E-state index in [9.17, 15) is 9.59 Å². The number of fused-ring (bicyclic) bond motifs is 3. The Hall–Kier alpha value is -3.13. The minimum Gasteiger partial charge on any atom is -0.496 e. The van der Waals surface area contributed by atoms with Gasteiger partial charge in [-0.25, -0.2) is 0 Å². The SMILES string of the molecule is CCCn1c(=O)c2ccccc2n2c(SCc3cc(C(C)=O)ccc3OC)nnc12. The molecule has 2 aromatic heterocycles. The molecule has 154 valence electrons. The first-order valence-corrected chi connectivity index (χ1v) is 10.7. The third-order valence-electron chi connectivity index (χ3n) is 4.97. The molecule has 0 aliphatic carbocycles. The van der Waals surface area contributed by atoms with E-state index in [0.717, 1.165) is 17.5 Å². The summed E-state index contributed by atoms with van der Waals surface area (Å²) in [5.74, 6) is 1.81. The van der Waals surface area contributed by atoms with E-state index in [4.69, 9.17) is 4.74 Å². The Morgan fingerprint density at radius 2 is 1.97 bits per heavy atom. The molecule has 0 saturated heterocycles. The predicted molar refractivity (Wildman–Crippen MR) is 118 cm³/mol. The second kappa shape index (κ2) is 8.31. The quantitative estimate of drug-likeness (QED) is 0.331. The highest BCUT2D eigenvalue weighted by Crippen LogP contribution is 2.29. The predicted octanol–water partition coefficient (Wildman–Crippen LogP) is 3.96. The fraction of sp³-hybridized carbons (Fsp3) is 0.273. The Labute approximate surface area is 177 Å². The normalized spacial score (nSPS) is 11.3. The summed E-state index contributed by atoms with van der Waals surface area (Å²) in [4.78, 5) is 24.7. The highest BCUT2D eigenvalue weighted by atomic mass is 32.2. The summed E-state index contributed by atoms with van der Waals surface area (Å²) in [5, 5.41) is 10.0.